The third-order valence-corrected chi connectivity index (χ3v) is 6.51. The fourth-order valence-electron chi connectivity index (χ4n) is 5.40. The van der Waals surface area contributed by atoms with Crippen molar-refractivity contribution in [1.82, 2.24) is 0 Å². The van der Waals surface area contributed by atoms with E-state index in [1.807, 2.05) is 0 Å². The molecule has 16 heavy (non-hydrogen) atoms. The quantitative estimate of drug-likeness (QED) is 0.608. The molecule has 0 aromatic heterocycles. The number of carbonyl (C=O) groups is 1. The maximum atomic E-state index is 12.2. The van der Waals surface area contributed by atoms with E-state index in [9.17, 15) is 4.79 Å². The SMILES string of the molecule is C[C@@H]1CC[C@@H]2C(=O)CC[C@@H]3[C@H](C3(C)C)[C@]12C. The number of fused-ring (bicyclic) bond motifs is 3. The lowest BCUT2D eigenvalue weighted by atomic mass is 9.67. The second-order valence-corrected chi connectivity index (χ2v) is 7.31. The van der Waals surface area contributed by atoms with Crippen LogP contribution in [0.4, 0.5) is 0 Å². The van der Waals surface area contributed by atoms with Gasteiger partial charge in [-0.25, -0.2) is 0 Å². The van der Waals surface area contributed by atoms with E-state index in [4.69, 9.17) is 0 Å². The number of hydrogen-bond acceptors (Lipinski definition) is 1. The average Bonchev–Trinajstić information content (AvgIpc) is 2.67. The Morgan fingerprint density at radius 1 is 1.12 bits per heavy atom. The van der Waals surface area contributed by atoms with Crippen molar-refractivity contribution in [2.45, 2.75) is 53.4 Å². The molecule has 0 bridgehead atoms. The standard InChI is InChI=1S/C15H24O/c1-9-5-6-10-12(16)8-7-11-13(14(11,2)3)15(9,10)4/h9-11,13H,5-8H2,1-4H3/t9-,10-,11-,13-,15-/m1/s1. The second-order valence-electron chi connectivity index (χ2n) is 7.31. The molecule has 0 aliphatic heterocycles. The van der Waals surface area contributed by atoms with E-state index in [0.29, 0.717) is 22.5 Å². The molecule has 3 rings (SSSR count). The van der Waals surface area contributed by atoms with Crippen LogP contribution in [0.1, 0.15) is 53.4 Å². The third kappa shape index (κ3) is 1.05. The molecule has 0 aromatic rings. The number of Topliss-reactive ketones (excluding diaryl/α,β-unsaturated/α-hetero) is 1. The van der Waals surface area contributed by atoms with Gasteiger partial charge in [-0.15, -0.1) is 0 Å². The van der Waals surface area contributed by atoms with E-state index in [0.717, 1.165) is 37.0 Å². The van der Waals surface area contributed by atoms with Gasteiger partial charge in [-0.1, -0.05) is 27.7 Å². The molecule has 0 saturated heterocycles. The van der Waals surface area contributed by atoms with Gasteiger partial charge >= 0.3 is 0 Å². The van der Waals surface area contributed by atoms with Crippen LogP contribution in [-0.2, 0) is 4.79 Å². The van der Waals surface area contributed by atoms with Crippen LogP contribution in [0.15, 0.2) is 0 Å². The smallest absolute Gasteiger partial charge is 0.136 e. The fourth-order valence-corrected chi connectivity index (χ4v) is 5.40. The molecule has 0 aromatic carbocycles. The Morgan fingerprint density at radius 2 is 1.81 bits per heavy atom. The van der Waals surface area contributed by atoms with Gasteiger partial charge in [-0.05, 0) is 47.8 Å². The molecule has 0 heterocycles. The zero-order valence-electron chi connectivity index (χ0n) is 11.0. The van der Waals surface area contributed by atoms with Crippen molar-refractivity contribution in [2.24, 2.45) is 34.5 Å². The van der Waals surface area contributed by atoms with Gasteiger partial charge in [0.2, 0.25) is 0 Å². The summed E-state index contributed by atoms with van der Waals surface area (Å²) >= 11 is 0. The summed E-state index contributed by atoms with van der Waals surface area (Å²) in [4.78, 5) is 12.2. The molecule has 1 heteroatoms. The molecule has 3 aliphatic rings. The summed E-state index contributed by atoms with van der Waals surface area (Å²) in [6.45, 7) is 9.64. The minimum absolute atomic E-state index is 0.321. The van der Waals surface area contributed by atoms with Crippen LogP contribution in [0.2, 0.25) is 0 Å². The first-order valence-electron chi connectivity index (χ1n) is 6.93. The third-order valence-electron chi connectivity index (χ3n) is 6.51. The Hall–Kier alpha value is -0.330. The first kappa shape index (κ1) is 10.8. The highest BCUT2D eigenvalue weighted by Crippen LogP contribution is 2.74. The molecule has 5 atom stereocenters. The zero-order valence-corrected chi connectivity index (χ0v) is 11.0. The van der Waals surface area contributed by atoms with Crippen LogP contribution < -0.4 is 0 Å². The molecule has 1 nitrogen and oxygen atoms in total. The summed E-state index contributed by atoms with van der Waals surface area (Å²) in [5.74, 6) is 3.35. The monoisotopic (exact) mass is 220 g/mol. The molecule has 0 radical (unpaired) electrons. The Balaban J connectivity index is 2.03. The molecule has 0 amide bonds. The van der Waals surface area contributed by atoms with E-state index in [2.05, 4.69) is 27.7 Å². The van der Waals surface area contributed by atoms with Crippen molar-refractivity contribution >= 4 is 5.78 Å². The lowest BCUT2D eigenvalue weighted by molar-refractivity contribution is -0.126. The van der Waals surface area contributed by atoms with Gasteiger partial charge < -0.3 is 0 Å². The Labute approximate surface area is 99.0 Å². The van der Waals surface area contributed by atoms with Crippen molar-refractivity contribution in [3.8, 4) is 0 Å². The normalized spacial score (nSPS) is 54.1. The lowest BCUT2D eigenvalue weighted by Gasteiger charge is -2.36. The zero-order chi connectivity index (χ0) is 11.7. The van der Waals surface area contributed by atoms with Crippen molar-refractivity contribution in [1.29, 1.82) is 0 Å². The largest absolute Gasteiger partial charge is 0.299 e. The maximum Gasteiger partial charge on any atom is 0.136 e. The molecule has 0 spiro atoms. The van der Waals surface area contributed by atoms with Gasteiger partial charge in [0, 0.05) is 12.3 Å². The number of hydrogen-bond donors (Lipinski definition) is 0. The summed E-state index contributed by atoms with van der Waals surface area (Å²) in [6, 6.07) is 0. The lowest BCUT2D eigenvalue weighted by Crippen LogP contribution is -2.35. The average molecular weight is 220 g/mol. The molecular formula is C15H24O. The van der Waals surface area contributed by atoms with Gasteiger partial charge in [0.1, 0.15) is 5.78 Å². The Kier molecular flexibility index (Phi) is 1.97. The van der Waals surface area contributed by atoms with E-state index in [1.165, 1.54) is 6.42 Å². The van der Waals surface area contributed by atoms with E-state index in [1.54, 1.807) is 0 Å². The highest BCUT2D eigenvalue weighted by molar-refractivity contribution is 5.83. The molecular weight excluding hydrogens is 196 g/mol. The molecule has 3 aliphatic carbocycles. The second kappa shape index (κ2) is 2.91. The Morgan fingerprint density at radius 3 is 2.50 bits per heavy atom. The maximum absolute atomic E-state index is 12.2. The highest BCUT2D eigenvalue weighted by Gasteiger charge is 2.70. The predicted molar refractivity (Wildman–Crippen MR) is 65.0 cm³/mol. The summed E-state index contributed by atoms with van der Waals surface area (Å²) in [7, 11) is 0. The number of rotatable bonds is 0. The summed E-state index contributed by atoms with van der Waals surface area (Å²) in [5.41, 5.74) is 0.827. The minimum atomic E-state index is 0.321. The summed E-state index contributed by atoms with van der Waals surface area (Å²) in [6.07, 6.45) is 4.45. The summed E-state index contributed by atoms with van der Waals surface area (Å²) in [5, 5.41) is 0. The van der Waals surface area contributed by atoms with E-state index < -0.39 is 0 Å². The van der Waals surface area contributed by atoms with Crippen LogP contribution >= 0.6 is 0 Å². The highest BCUT2D eigenvalue weighted by atomic mass is 16.1. The van der Waals surface area contributed by atoms with Crippen LogP contribution in [0, 0.1) is 34.5 Å². The van der Waals surface area contributed by atoms with Crippen molar-refractivity contribution in [3.63, 3.8) is 0 Å². The predicted octanol–water partition coefficient (Wildman–Crippen LogP) is 3.67. The van der Waals surface area contributed by atoms with Gasteiger partial charge in [0.25, 0.3) is 0 Å². The fraction of sp³-hybridized carbons (Fsp3) is 0.933. The molecule has 0 unspecified atom stereocenters. The van der Waals surface area contributed by atoms with Crippen LogP contribution in [-0.4, -0.2) is 5.78 Å². The van der Waals surface area contributed by atoms with Gasteiger partial charge in [0.05, 0.1) is 0 Å². The molecule has 0 N–H and O–H groups in total. The first-order valence-corrected chi connectivity index (χ1v) is 6.93. The van der Waals surface area contributed by atoms with E-state index in [-0.39, 0.29) is 0 Å². The number of ketones is 1. The van der Waals surface area contributed by atoms with Gasteiger partial charge in [-0.2, -0.15) is 0 Å². The van der Waals surface area contributed by atoms with Crippen molar-refractivity contribution in [3.05, 3.63) is 0 Å². The minimum Gasteiger partial charge on any atom is -0.299 e. The van der Waals surface area contributed by atoms with Gasteiger partial charge in [-0.3, -0.25) is 4.79 Å². The van der Waals surface area contributed by atoms with Crippen LogP contribution in [0.25, 0.3) is 0 Å². The Bertz CT molecular complexity index is 343. The first-order chi connectivity index (χ1) is 7.40. The molecule has 3 saturated carbocycles. The van der Waals surface area contributed by atoms with E-state index >= 15 is 0 Å². The van der Waals surface area contributed by atoms with Gasteiger partial charge in [0.15, 0.2) is 0 Å². The van der Waals surface area contributed by atoms with Crippen LogP contribution in [0.3, 0.4) is 0 Å². The molecule has 90 valence electrons. The van der Waals surface area contributed by atoms with Crippen molar-refractivity contribution < 1.29 is 4.79 Å². The van der Waals surface area contributed by atoms with Crippen molar-refractivity contribution in [2.75, 3.05) is 0 Å². The number of carbonyl (C=O) groups excluding carboxylic acids is 1. The van der Waals surface area contributed by atoms with Crippen LogP contribution in [0.5, 0.6) is 0 Å². The molecule has 3 fully saturated rings. The summed E-state index contributed by atoms with van der Waals surface area (Å²) < 4.78 is 0. The topological polar surface area (TPSA) is 17.1 Å².